The second-order valence-electron chi connectivity index (χ2n) is 4.98. The molecule has 22 heavy (non-hydrogen) atoms. The molecule has 0 saturated carbocycles. The molecule has 0 aliphatic carbocycles. The molecular weight excluding hydrogens is 302 g/mol. The Kier molecular flexibility index (Phi) is 5.68. The summed E-state index contributed by atoms with van der Waals surface area (Å²) in [7, 11) is -3.72. The van der Waals surface area contributed by atoms with Gasteiger partial charge in [-0.25, -0.2) is 13.1 Å². The molecule has 2 atom stereocenters. The van der Waals surface area contributed by atoms with E-state index in [1.807, 2.05) is 6.07 Å². The van der Waals surface area contributed by atoms with Gasteiger partial charge in [0.15, 0.2) is 0 Å². The van der Waals surface area contributed by atoms with Crippen LogP contribution in [0.2, 0.25) is 0 Å². The lowest BCUT2D eigenvalue weighted by Crippen LogP contribution is -2.38. The number of benzene rings is 2. The standard InChI is InChI=1S/C16H19NO4S/c18-12-14(11-16(19)13-7-3-1-4-8-13)17-22(20,21)15-9-5-2-6-10-15/h1-10,14,16-19H,11-12H2/t14-,16-/m0/s1. The summed E-state index contributed by atoms with van der Waals surface area (Å²) < 4.78 is 26.9. The topological polar surface area (TPSA) is 86.6 Å². The summed E-state index contributed by atoms with van der Waals surface area (Å²) in [6.45, 7) is -0.393. The lowest BCUT2D eigenvalue weighted by Gasteiger charge is -2.20. The predicted octanol–water partition coefficient (Wildman–Crippen LogP) is 1.45. The lowest BCUT2D eigenvalue weighted by molar-refractivity contribution is 0.136. The zero-order valence-electron chi connectivity index (χ0n) is 12.0. The normalized spacial score (nSPS) is 14.5. The summed E-state index contributed by atoms with van der Waals surface area (Å²) in [5.41, 5.74) is 0.680. The third-order valence-electron chi connectivity index (χ3n) is 3.29. The van der Waals surface area contributed by atoms with Crippen LogP contribution in [-0.2, 0) is 10.0 Å². The molecule has 0 radical (unpaired) electrons. The molecule has 0 spiro atoms. The van der Waals surface area contributed by atoms with E-state index in [-0.39, 0.29) is 11.3 Å². The van der Waals surface area contributed by atoms with Crippen molar-refractivity contribution in [2.75, 3.05) is 6.61 Å². The first kappa shape index (κ1) is 16.6. The Labute approximate surface area is 130 Å². The Morgan fingerprint density at radius 2 is 1.50 bits per heavy atom. The Bertz CT molecular complexity index is 674. The molecule has 0 saturated heterocycles. The summed E-state index contributed by atoms with van der Waals surface area (Å²) >= 11 is 0. The minimum Gasteiger partial charge on any atom is -0.395 e. The molecule has 0 aromatic heterocycles. The minimum atomic E-state index is -3.72. The molecule has 0 fully saturated rings. The van der Waals surface area contributed by atoms with E-state index in [1.165, 1.54) is 12.1 Å². The van der Waals surface area contributed by atoms with Gasteiger partial charge in [-0.05, 0) is 24.1 Å². The Morgan fingerprint density at radius 1 is 0.955 bits per heavy atom. The van der Waals surface area contributed by atoms with E-state index in [0.29, 0.717) is 5.56 Å². The fourth-order valence-electron chi connectivity index (χ4n) is 2.13. The van der Waals surface area contributed by atoms with E-state index in [2.05, 4.69) is 4.72 Å². The number of hydrogen-bond acceptors (Lipinski definition) is 4. The number of nitrogens with one attached hydrogen (secondary N) is 1. The number of hydrogen-bond donors (Lipinski definition) is 3. The fourth-order valence-corrected chi connectivity index (χ4v) is 3.39. The lowest BCUT2D eigenvalue weighted by atomic mass is 10.0. The van der Waals surface area contributed by atoms with Crippen LogP contribution in [0.5, 0.6) is 0 Å². The highest BCUT2D eigenvalue weighted by atomic mass is 32.2. The largest absolute Gasteiger partial charge is 0.395 e. The van der Waals surface area contributed by atoms with Gasteiger partial charge in [0.25, 0.3) is 0 Å². The van der Waals surface area contributed by atoms with Crippen LogP contribution in [0.25, 0.3) is 0 Å². The smallest absolute Gasteiger partial charge is 0.240 e. The molecule has 0 aliphatic heterocycles. The fraction of sp³-hybridized carbons (Fsp3) is 0.250. The maximum atomic E-state index is 12.2. The summed E-state index contributed by atoms with van der Waals surface area (Å²) in [6, 6.07) is 16.1. The van der Waals surface area contributed by atoms with Gasteiger partial charge in [-0.2, -0.15) is 0 Å². The van der Waals surface area contributed by atoms with Gasteiger partial charge in [-0.3, -0.25) is 0 Å². The highest BCUT2D eigenvalue weighted by Gasteiger charge is 2.22. The van der Waals surface area contributed by atoms with E-state index >= 15 is 0 Å². The molecule has 5 nitrogen and oxygen atoms in total. The first-order valence-corrected chi connectivity index (χ1v) is 8.42. The average molecular weight is 321 g/mol. The Balaban J connectivity index is 2.06. The molecule has 0 aliphatic rings. The van der Waals surface area contributed by atoms with Crippen molar-refractivity contribution < 1.29 is 18.6 Å². The van der Waals surface area contributed by atoms with Gasteiger partial charge >= 0.3 is 0 Å². The molecule has 2 aromatic carbocycles. The van der Waals surface area contributed by atoms with E-state index < -0.39 is 28.8 Å². The summed E-state index contributed by atoms with van der Waals surface area (Å²) in [6.07, 6.45) is -0.760. The zero-order chi connectivity index (χ0) is 16.0. The highest BCUT2D eigenvalue weighted by Crippen LogP contribution is 2.19. The number of sulfonamides is 1. The second-order valence-corrected chi connectivity index (χ2v) is 6.69. The maximum absolute atomic E-state index is 12.2. The highest BCUT2D eigenvalue weighted by molar-refractivity contribution is 7.89. The first-order chi connectivity index (χ1) is 10.5. The van der Waals surface area contributed by atoms with Crippen molar-refractivity contribution in [3.63, 3.8) is 0 Å². The SMILES string of the molecule is O=S(=O)(N[C@H](CO)C[C@H](O)c1ccccc1)c1ccccc1. The van der Waals surface area contributed by atoms with Crippen LogP contribution in [0.4, 0.5) is 0 Å². The monoisotopic (exact) mass is 321 g/mol. The van der Waals surface area contributed by atoms with Gasteiger partial charge in [0.1, 0.15) is 0 Å². The van der Waals surface area contributed by atoms with Gasteiger partial charge in [0.2, 0.25) is 10.0 Å². The van der Waals surface area contributed by atoms with Crippen LogP contribution in [-0.4, -0.2) is 31.3 Å². The maximum Gasteiger partial charge on any atom is 0.240 e. The van der Waals surface area contributed by atoms with Crippen LogP contribution in [0.1, 0.15) is 18.1 Å². The van der Waals surface area contributed by atoms with Crippen LogP contribution < -0.4 is 4.72 Å². The van der Waals surface area contributed by atoms with E-state index in [4.69, 9.17) is 0 Å². The van der Waals surface area contributed by atoms with Crippen LogP contribution in [0, 0.1) is 0 Å². The quantitative estimate of drug-likeness (QED) is 0.720. The zero-order valence-corrected chi connectivity index (χ0v) is 12.8. The van der Waals surface area contributed by atoms with Crippen LogP contribution in [0.3, 0.4) is 0 Å². The number of rotatable bonds is 7. The molecule has 6 heteroatoms. The van der Waals surface area contributed by atoms with Crippen molar-refractivity contribution in [1.82, 2.24) is 4.72 Å². The summed E-state index contributed by atoms with van der Waals surface area (Å²) in [5, 5.41) is 19.5. The van der Waals surface area contributed by atoms with Crippen LogP contribution in [0.15, 0.2) is 65.6 Å². The average Bonchev–Trinajstić information content (AvgIpc) is 2.55. The Hall–Kier alpha value is -1.73. The van der Waals surface area contributed by atoms with Gasteiger partial charge in [0.05, 0.1) is 17.6 Å². The molecule has 0 heterocycles. The first-order valence-electron chi connectivity index (χ1n) is 6.94. The molecule has 0 unspecified atom stereocenters. The van der Waals surface area contributed by atoms with Gasteiger partial charge < -0.3 is 10.2 Å². The van der Waals surface area contributed by atoms with E-state index in [9.17, 15) is 18.6 Å². The van der Waals surface area contributed by atoms with E-state index in [1.54, 1.807) is 42.5 Å². The summed E-state index contributed by atoms with van der Waals surface area (Å²) in [5.74, 6) is 0. The molecule has 3 N–H and O–H groups in total. The molecule has 118 valence electrons. The molecular formula is C16H19NO4S. The van der Waals surface area contributed by atoms with Crippen molar-refractivity contribution in [2.45, 2.75) is 23.5 Å². The van der Waals surface area contributed by atoms with Crippen molar-refractivity contribution >= 4 is 10.0 Å². The van der Waals surface area contributed by atoms with Gasteiger partial charge in [-0.15, -0.1) is 0 Å². The van der Waals surface area contributed by atoms with Gasteiger partial charge in [-0.1, -0.05) is 48.5 Å². The van der Waals surface area contributed by atoms with Crippen molar-refractivity contribution in [3.05, 3.63) is 66.2 Å². The van der Waals surface area contributed by atoms with E-state index in [0.717, 1.165) is 0 Å². The molecule has 2 aromatic rings. The summed E-state index contributed by atoms with van der Waals surface area (Å²) in [4.78, 5) is 0.127. The predicted molar refractivity (Wildman–Crippen MR) is 83.7 cm³/mol. The van der Waals surface area contributed by atoms with Crippen molar-refractivity contribution in [1.29, 1.82) is 0 Å². The molecule has 0 amide bonds. The van der Waals surface area contributed by atoms with Crippen LogP contribution >= 0.6 is 0 Å². The number of aliphatic hydroxyl groups is 2. The second kappa shape index (κ2) is 7.51. The third-order valence-corrected chi connectivity index (χ3v) is 4.82. The van der Waals surface area contributed by atoms with Crippen molar-refractivity contribution in [3.8, 4) is 0 Å². The third kappa shape index (κ3) is 4.38. The number of aliphatic hydroxyl groups excluding tert-OH is 2. The van der Waals surface area contributed by atoms with Gasteiger partial charge in [0, 0.05) is 6.04 Å². The molecule has 0 bridgehead atoms. The Morgan fingerprint density at radius 3 is 2.05 bits per heavy atom. The van der Waals surface area contributed by atoms with Crippen molar-refractivity contribution in [2.24, 2.45) is 0 Å². The molecule has 2 rings (SSSR count). The minimum absolute atomic E-state index is 0.0899.